The Morgan fingerprint density at radius 1 is 1.04 bits per heavy atom. The van der Waals surface area contributed by atoms with Crippen molar-refractivity contribution in [2.24, 2.45) is 5.92 Å². The smallest absolute Gasteiger partial charge is 0.322 e. The second kappa shape index (κ2) is 6.45. The molecule has 4 heterocycles. The Hall–Kier alpha value is -1.66. The van der Waals surface area contributed by atoms with E-state index in [2.05, 4.69) is 30.8 Å². The highest BCUT2D eigenvalue weighted by molar-refractivity contribution is 9.10. The summed E-state index contributed by atoms with van der Waals surface area (Å²) in [7, 11) is 0. The molecule has 1 atom stereocenters. The molecule has 5 rings (SSSR count). The van der Waals surface area contributed by atoms with Crippen LogP contribution in [0.25, 0.3) is 0 Å². The first-order chi connectivity index (χ1) is 11.3. The number of nitrogens with zero attached hydrogens (tertiary/aromatic N) is 3. The molecule has 1 aromatic heterocycles. The molecule has 5 nitrogen and oxygen atoms in total. The van der Waals surface area contributed by atoms with Crippen molar-refractivity contribution in [3.63, 3.8) is 0 Å². The fraction of sp³-hybridized carbons (Fsp3) is 0.412. The van der Waals surface area contributed by atoms with Gasteiger partial charge in [-0.3, -0.25) is 4.90 Å². The first kappa shape index (κ1) is 14.9. The van der Waals surface area contributed by atoms with E-state index >= 15 is 0 Å². The summed E-state index contributed by atoms with van der Waals surface area (Å²) in [5, 5.41) is 0. The number of ether oxygens (including phenoxy) is 2. The van der Waals surface area contributed by atoms with Crippen LogP contribution in [-0.2, 0) is 0 Å². The van der Waals surface area contributed by atoms with Crippen LogP contribution < -0.4 is 9.47 Å². The van der Waals surface area contributed by atoms with Crippen LogP contribution in [-0.4, -0.2) is 40.6 Å². The van der Waals surface area contributed by atoms with E-state index in [9.17, 15) is 0 Å². The lowest BCUT2D eigenvalue weighted by molar-refractivity contribution is -0.00870. The van der Waals surface area contributed by atoms with E-state index in [4.69, 9.17) is 9.47 Å². The molecule has 3 aliphatic rings. The van der Waals surface area contributed by atoms with Crippen LogP contribution in [0.5, 0.6) is 17.5 Å². The molecule has 120 valence electrons. The molecule has 6 heteroatoms. The Labute approximate surface area is 143 Å². The minimum absolute atomic E-state index is 0.244. The summed E-state index contributed by atoms with van der Waals surface area (Å²) in [4.78, 5) is 10.8. The monoisotopic (exact) mass is 375 g/mol. The average Bonchev–Trinajstić information content (AvgIpc) is 2.60. The number of para-hydroxylation sites is 2. The van der Waals surface area contributed by atoms with E-state index in [1.54, 1.807) is 12.4 Å². The topological polar surface area (TPSA) is 47.5 Å². The maximum Gasteiger partial charge on any atom is 0.322 e. The molecule has 0 N–H and O–H groups in total. The highest BCUT2D eigenvalue weighted by atomic mass is 79.9. The maximum atomic E-state index is 6.28. The Kier molecular flexibility index (Phi) is 4.18. The largest absolute Gasteiger partial charge is 0.485 e. The molecule has 0 radical (unpaired) electrons. The zero-order valence-corrected chi connectivity index (χ0v) is 14.3. The molecule has 0 saturated carbocycles. The molecule has 2 aromatic rings. The summed E-state index contributed by atoms with van der Waals surface area (Å²) in [5.74, 6) is 2.07. The Balaban J connectivity index is 1.51. The zero-order valence-electron chi connectivity index (χ0n) is 12.7. The first-order valence-corrected chi connectivity index (χ1v) is 8.71. The summed E-state index contributed by atoms with van der Waals surface area (Å²) in [6.45, 7) is 3.42. The molecule has 3 aliphatic heterocycles. The van der Waals surface area contributed by atoms with E-state index < -0.39 is 0 Å². The van der Waals surface area contributed by atoms with E-state index in [0.717, 1.165) is 16.8 Å². The number of hydrogen-bond acceptors (Lipinski definition) is 5. The van der Waals surface area contributed by atoms with Gasteiger partial charge in [-0.15, -0.1) is 0 Å². The van der Waals surface area contributed by atoms with Crippen LogP contribution in [0.3, 0.4) is 0 Å². The minimum atomic E-state index is 0.244. The lowest BCUT2D eigenvalue weighted by Gasteiger charge is -2.44. The van der Waals surface area contributed by atoms with E-state index in [0.29, 0.717) is 17.7 Å². The molecular formula is C17H18BrN3O2. The quantitative estimate of drug-likeness (QED) is 0.818. The third-order valence-corrected chi connectivity index (χ3v) is 4.93. The Morgan fingerprint density at radius 2 is 1.74 bits per heavy atom. The second-order valence-electron chi connectivity index (χ2n) is 6.03. The first-order valence-electron chi connectivity index (χ1n) is 7.91. The molecule has 23 heavy (non-hydrogen) atoms. The third-order valence-electron chi connectivity index (χ3n) is 4.52. The highest BCUT2D eigenvalue weighted by Crippen LogP contribution is 2.35. The highest BCUT2D eigenvalue weighted by Gasteiger charge is 2.35. The van der Waals surface area contributed by atoms with Crippen LogP contribution in [0.4, 0.5) is 0 Å². The van der Waals surface area contributed by atoms with Gasteiger partial charge in [0.15, 0.2) is 11.5 Å². The molecule has 1 aromatic carbocycles. The zero-order chi connectivity index (χ0) is 15.6. The molecule has 3 saturated heterocycles. The van der Waals surface area contributed by atoms with Gasteiger partial charge in [0.1, 0.15) is 6.10 Å². The van der Waals surface area contributed by atoms with Gasteiger partial charge in [-0.05, 0) is 59.9 Å². The number of rotatable bonds is 4. The summed E-state index contributed by atoms with van der Waals surface area (Å²) < 4.78 is 12.9. The van der Waals surface area contributed by atoms with Gasteiger partial charge in [0.25, 0.3) is 0 Å². The van der Waals surface area contributed by atoms with E-state index in [1.807, 2.05) is 24.3 Å². The molecular weight excluding hydrogens is 358 g/mol. The van der Waals surface area contributed by atoms with Crippen molar-refractivity contribution >= 4 is 15.9 Å². The summed E-state index contributed by atoms with van der Waals surface area (Å²) in [6, 6.07) is 8.05. The lowest BCUT2D eigenvalue weighted by Crippen LogP contribution is -2.52. The molecule has 3 fully saturated rings. The third kappa shape index (κ3) is 3.33. The van der Waals surface area contributed by atoms with Crippen molar-refractivity contribution in [3.05, 3.63) is 41.1 Å². The number of benzene rings is 1. The van der Waals surface area contributed by atoms with Crippen molar-refractivity contribution < 1.29 is 9.47 Å². The van der Waals surface area contributed by atoms with Crippen molar-refractivity contribution in [3.8, 4) is 17.5 Å². The van der Waals surface area contributed by atoms with Crippen LogP contribution in [0.1, 0.15) is 12.8 Å². The van der Waals surface area contributed by atoms with Gasteiger partial charge >= 0.3 is 6.01 Å². The van der Waals surface area contributed by atoms with Crippen LogP contribution >= 0.6 is 15.9 Å². The summed E-state index contributed by atoms with van der Waals surface area (Å²) in [6.07, 6.45) is 6.03. The van der Waals surface area contributed by atoms with Crippen LogP contribution in [0, 0.1) is 5.92 Å². The molecule has 2 bridgehead atoms. The maximum absolute atomic E-state index is 6.28. The Bertz CT molecular complexity index is 672. The summed E-state index contributed by atoms with van der Waals surface area (Å²) in [5.41, 5.74) is 0. The molecule has 1 unspecified atom stereocenters. The van der Waals surface area contributed by atoms with Gasteiger partial charge in [0.2, 0.25) is 0 Å². The van der Waals surface area contributed by atoms with Gasteiger partial charge in [-0.1, -0.05) is 12.1 Å². The number of halogens is 1. The lowest BCUT2D eigenvalue weighted by atomic mass is 9.86. The van der Waals surface area contributed by atoms with Gasteiger partial charge in [0, 0.05) is 18.9 Å². The summed E-state index contributed by atoms with van der Waals surface area (Å²) >= 11 is 3.32. The van der Waals surface area contributed by atoms with Crippen molar-refractivity contribution in [2.45, 2.75) is 18.9 Å². The SMILES string of the molecule is Brc1cnc(Oc2ccccc2OC2CN3CCC2CC3)nc1. The fourth-order valence-corrected chi connectivity index (χ4v) is 3.50. The van der Waals surface area contributed by atoms with Crippen molar-refractivity contribution in [1.82, 2.24) is 14.9 Å². The normalized spacial score (nSPS) is 26.0. The van der Waals surface area contributed by atoms with Crippen LogP contribution in [0.15, 0.2) is 41.1 Å². The van der Waals surface area contributed by atoms with Gasteiger partial charge in [-0.2, -0.15) is 0 Å². The van der Waals surface area contributed by atoms with Crippen LogP contribution in [0.2, 0.25) is 0 Å². The Morgan fingerprint density at radius 3 is 2.39 bits per heavy atom. The predicted octanol–water partition coefficient (Wildman–Crippen LogP) is 3.50. The predicted molar refractivity (Wildman–Crippen MR) is 89.8 cm³/mol. The minimum Gasteiger partial charge on any atom is -0.485 e. The number of piperidine rings is 3. The molecule has 0 amide bonds. The van der Waals surface area contributed by atoms with Gasteiger partial charge < -0.3 is 9.47 Å². The van der Waals surface area contributed by atoms with E-state index in [-0.39, 0.29) is 6.10 Å². The number of hydrogen-bond donors (Lipinski definition) is 0. The standard InChI is InChI=1S/C17H18BrN3O2/c18-13-9-19-17(20-10-13)23-15-4-2-1-3-14(15)22-16-11-21-7-5-12(16)6-8-21/h1-4,9-10,12,16H,5-8,11H2. The van der Waals surface area contributed by atoms with E-state index in [1.165, 1.54) is 25.9 Å². The van der Waals surface area contributed by atoms with Gasteiger partial charge in [0.05, 0.1) is 4.47 Å². The van der Waals surface area contributed by atoms with Gasteiger partial charge in [-0.25, -0.2) is 9.97 Å². The molecule has 0 spiro atoms. The second-order valence-corrected chi connectivity index (χ2v) is 6.94. The molecule has 0 aliphatic carbocycles. The number of fused-ring (bicyclic) bond motifs is 3. The fourth-order valence-electron chi connectivity index (χ4n) is 3.29. The van der Waals surface area contributed by atoms with Crippen molar-refractivity contribution in [1.29, 1.82) is 0 Å². The van der Waals surface area contributed by atoms with Crippen molar-refractivity contribution in [2.75, 3.05) is 19.6 Å². The number of aromatic nitrogens is 2. The average molecular weight is 376 g/mol.